The van der Waals surface area contributed by atoms with E-state index in [4.69, 9.17) is 23.2 Å². The maximum atomic E-state index is 10.3. The molecule has 0 bridgehead atoms. The lowest BCUT2D eigenvalue weighted by Crippen LogP contribution is -2.49. The average molecular weight is 297 g/mol. The molecular weight excluding hydrogens is 283 g/mol. The smallest absolute Gasteiger partial charge is 0.309 e. The first kappa shape index (κ1) is 16.9. The monoisotopic (exact) mass is 296 g/mol. The third kappa shape index (κ3) is 10.0. The third-order valence-electron chi connectivity index (χ3n) is 1.90. The topological polar surface area (TPSA) is 92.3 Å². The first-order valence-corrected chi connectivity index (χ1v) is 6.11. The summed E-state index contributed by atoms with van der Waals surface area (Å²) < 4.78 is 0. The predicted molar refractivity (Wildman–Crippen MR) is 66.2 cm³/mol. The summed E-state index contributed by atoms with van der Waals surface area (Å²) in [5, 5.41) is 4.04. The summed E-state index contributed by atoms with van der Waals surface area (Å²) in [4.78, 5) is 40.8. The lowest BCUT2D eigenvalue weighted by molar-refractivity contribution is -0.140. The summed E-state index contributed by atoms with van der Waals surface area (Å²) in [6.07, 6.45) is 1.93. The summed E-state index contributed by atoms with van der Waals surface area (Å²) in [7, 11) is 0. The van der Waals surface area contributed by atoms with Gasteiger partial charge in [-0.25, -0.2) is 0 Å². The lowest BCUT2D eigenvalue weighted by atomic mass is 10.2. The Morgan fingerprint density at radius 2 is 1.22 bits per heavy atom. The number of halogens is 2. The molecule has 0 atom stereocenters. The maximum absolute atomic E-state index is 10.3. The minimum Gasteiger partial charge on any atom is -0.346 e. The van der Waals surface area contributed by atoms with Crippen LogP contribution in [0.1, 0.15) is 25.7 Å². The molecule has 1 aliphatic rings. The van der Waals surface area contributed by atoms with Crippen LogP contribution in [0.15, 0.2) is 0 Å². The average Bonchev–Trinajstić information content (AvgIpc) is 2.29. The number of nitrogens with one attached hydrogen (secondary N) is 2. The first-order chi connectivity index (χ1) is 8.43. The third-order valence-corrected chi connectivity index (χ3v) is 2.28. The summed E-state index contributed by atoms with van der Waals surface area (Å²) in [5.41, 5.74) is 0. The molecule has 1 heterocycles. The molecule has 102 valence electrons. The standard InChI is InChI=1S/C6H8Cl2O2.C4H6N2O2/c7-5(9)3-1-2-4-6(8)10;7-3-4(8)6-2-1-5-3/h1-4H2;1-2H2,(H,5,7)(H,6,8). The SMILES string of the molecule is O=C(Cl)CCCCC(=O)Cl.O=C1NCCNC1=O. The van der Waals surface area contributed by atoms with E-state index < -0.39 is 11.8 Å². The largest absolute Gasteiger partial charge is 0.346 e. The number of unbranched alkanes of at least 4 members (excludes halogenated alkanes) is 1. The van der Waals surface area contributed by atoms with Gasteiger partial charge < -0.3 is 10.6 Å². The summed E-state index contributed by atoms with van der Waals surface area (Å²) in [6, 6.07) is 0. The zero-order chi connectivity index (χ0) is 14.0. The minimum absolute atomic E-state index is 0.325. The number of hydrogen-bond donors (Lipinski definition) is 2. The van der Waals surface area contributed by atoms with Crippen molar-refractivity contribution < 1.29 is 19.2 Å². The van der Waals surface area contributed by atoms with Crippen molar-refractivity contribution >= 4 is 45.5 Å². The molecule has 0 saturated carbocycles. The van der Waals surface area contributed by atoms with Crippen LogP contribution in [0.5, 0.6) is 0 Å². The second kappa shape index (κ2) is 9.85. The quantitative estimate of drug-likeness (QED) is 0.434. The molecule has 2 N–H and O–H groups in total. The van der Waals surface area contributed by atoms with Crippen molar-refractivity contribution in [3.63, 3.8) is 0 Å². The summed E-state index contributed by atoms with van der Waals surface area (Å²) in [5.74, 6) is -1.06. The number of carbonyl (C=O) groups excluding carboxylic acids is 4. The molecule has 6 nitrogen and oxygen atoms in total. The van der Waals surface area contributed by atoms with Crippen LogP contribution in [-0.4, -0.2) is 35.4 Å². The number of rotatable bonds is 5. The first-order valence-electron chi connectivity index (χ1n) is 5.36. The van der Waals surface area contributed by atoms with E-state index >= 15 is 0 Å². The molecule has 1 aliphatic heterocycles. The summed E-state index contributed by atoms with van der Waals surface area (Å²) in [6.45, 7) is 1.09. The molecule has 0 aromatic rings. The van der Waals surface area contributed by atoms with Gasteiger partial charge in [0.25, 0.3) is 0 Å². The molecule has 0 radical (unpaired) electrons. The maximum Gasteiger partial charge on any atom is 0.309 e. The van der Waals surface area contributed by atoms with Crippen LogP contribution < -0.4 is 10.6 Å². The molecule has 2 amide bonds. The van der Waals surface area contributed by atoms with Crippen molar-refractivity contribution in [2.75, 3.05) is 13.1 Å². The zero-order valence-electron chi connectivity index (χ0n) is 9.63. The molecule has 0 aromatic heterocycles. The molecule has 1 rings (SSSR count). The van der Waals surface area contributed by atoms with Gasteiger partial charge in [0.15, 0.2) is 0 Å². The van der Waals surface area contributed by atoms with E-state index in [1.165, 1.54) is 0 Å². The highest BCUT2D eigenvalue weighted by molar-refractivity contribution is 6.63. The fraction of sp³-hybridized carbons (Fsp3) is 0.600. The van der Waals surface area contributed by atoms with Crippen LogP contribution in [-0.2, 0) is 19.2 Å². The highest BCUT2D eigenvalue weighted by Gasteiger charge is 2.15. The highest BCUT2D eigenvalue weighted by Crippen LogP contribution is 2.03. The van der Waals surface area contributed by atoms with E-state index in [-0.39, 0.29) is 10.5 Å². The van der Waals surface area contributed by atoms with Crippen LogP contribution in [0, 0.1) is 0 Å². The normalized spacial score (nSPS) is 13.9. The molecule has 0 aliphatic carbocycles. The van der Waals surface area contributed by atoms with Crippen LogP contribution >= 0.6 is 23.2 Å². The van der Waals surface area contributed by atoms with Gasteiger partial charge in [-0.1, -0.05) is 0 Å². The molecule has 0 unspecified atom stereocenters. The van der Waals surface area contributed by atoms with Gasteiger partial charge >= 0.3 is 11.8 Å². The minimum atomic E-state index is -0.531. The molecule has 0 spiro atoms. The van der Waals surface area contributed by atoms with Crippen LogP contribution in [0.4, 0.5) is 0 Å². The van der Waals surface area contributed by atoms with Crippen molar-refractivity contribution in [1.29, 1.82) is 0 Å². The lowest BCUT2D eigenvalue weighted by Gasteiger charge is -2.10. The molecule has 18 heavy (non-hydrogen) atoms. The van der Waals surface area contributed by atoms with Crippen molar-refractivity contribution in [1.82, 2.24) is 10.6 Å². The number of piperazine rings is 1. The van der Waals surface area contributed by atoms with E-state index in [0.717, 1.165) is 0 Å². The van der Waals surface area contributed by atoms with Gasteiger partial charge in [0, 0.05) is 25.9 Å². The zero-order valence-corrected chi connectivity index (χ0v) is 11.1. The Labute approximate surface area is 114 Å². The highest BCUT2D eigenvalue weighted by atomic mass is 35.5. The second-order valence-electron chi connectivity index (χ2n) is 3.43. The Kier molecular flexibility index (Phi) is 9.22. The van der Waals surface area contributed by atoms with Crippen molar-refractivity contribution in [2.24, 2.45) is 0 Å². The van der Waals surface area contributed by atoms with Gasteiger partial charge in [-0.15, -0.1) is 0 Å². The van der Waals surface area contributed by atoms with Gasteiger partial charge in [0.05, 0.1) is 0 Å². The molecule has 1 fully saturated rings. The Balaban J connectivity index is 0.000000327. The molecule has 0 aromatic carbocycles. The fourth-order valence-corrected chi connectivity index (χ4v) is 1.31. The van der Waals surface area contributed by atoms with Gasteiger partial charge in [-0.05, 0) is 36.0 Å². The van der Waals surface area contributed by atoms with E-state index in [1.54, 1.807) is 0 Å². The van der Waals surface area contributed by atoms with Gasteiger partial charge in [-0.3, -0.25) is 19.2 Å². The number of carbonyl (C=O) groups is 4. The van der Waals surface area contributed by atoms with E-state index in [2.05, 4.69) is 10.6 Å². The van der Waals surface area contributed by atoms with Crippen LogP contribution in [0.25, 0.3) is 0 Å². The Bertz CT molecular complexity index is 302. The predicted octanol–water partition coefficient (Wildman–Crippen LogP) is 0.310. The Hall–Kier alpha value is -1.14. The fourth-order valence-electron chi connectivity index (χ4n) is 1.04. The molecular formula is C10H14Cl2N2O4. The molecule has 8 heteroatoms. The van der Waals surface area contributed by atoms with Crippen molar-refractivity contribution in [2.45, 2.75) is 25.7 Å². The van der Waals surface area contributed by atoms with E-state index in [0.29, 0.717) is 38.8 Å². The van der Waals surface area contributed by atoms with Crippen molar-refractivity contribution in [3.8, 4) is 0 Å². The number of amides is 2. The number of hydrogen-bond acceptors (Lipinski definition) is 4. The second-order valence-corrected chi connectivity index (χ2v) is 4.27. The summed E-state index contributed by atoms with van der Waals surface area (Å²) >= 11 is 10.1. The van der Waals surface area contributed by atoms with Gasteiger partial charge in [0.2, 0.25) is 10.5 Å². The van der Waals surface area contributed by atoms with Gasteiger partial charge in [0.1, 0.15) is 0 Å². The Morgan fingerprint density at radius 3 is 1.44 bits per heavy atom. The van der Waals surface area contributed by atoms with E-state index in [9.17, 15) is 19.2 Å². The van der Waals surface area contributed by atoms with Gasteiger partial charge in [-0.2, -0.15) is 0 Å². The Morgan fingerprint density at radius 1 is 0.889 bits per heavy atom. The van der Waals surface area contributed by atoms with Crippen molar-refractivity contribution in [3.05, 3.63) is 0 Å². The van der Waals surface area contributed by atoms with Crippen LogP contribution in [0.2, 0.25) is 0 Å². The molecule has 1 saturated heterocycles. The van der Waals surface area contributed by atoms with Crippen LogP contribution in [0.3, 0.4) is 0 Å². The van der Waals surface area contributed by atoms with E-state index in [1.807, 2.05) is 0 Å².